The van der Waals surface area contributed by atoms with E-state index in [1.807, 2.05) is 0 Å². The Balaban J connectivity index is 2.28. The Morgan fingerprint density at radius 2 is 2.29 bits per heavy atom. The van der Waals surface area contributed by atoms with E-state index in [2.05, 4.69) is 24.2 Å². The second kappa shape index (κ2) is 6.14. The number of nitrogens with two attached hydrogens (primary N) is 1. The maximum atomic E-state index is 5.69. The van der Waals surface area contributed by atoms with Gasteiger partial charge in [-0.15, -0.1) is 11.3 Å². The van der Waals surface area contributed by atoms with Gasteiger partial charge in [-0.05, 0) is 32.6 Å². The second-order valence-electron chi connectivity index (χ2n) is 3.85. The van der Waals surface area contributed by atoms with Crippen LogP contribution >= 0.6 is 11.3 Å². The Morgan fingerprint density at radius 1 is 1.50 bits per heavy atom. The van der Waals surface area contributed by atoms with E-state index in [1.165, 1.54) is 17.1 Å². The minimum absolute atomic E-state index is 0.324. The van der Waals surface area contributed by atoms with Gasteiger partial charge >= 0.3 is 0 Å². The van der Waals surface area contributed by atoms with Crippen LogP contribution in [0.5, 0.6) is 0 Å². The average molecular weight is 212 g/mol. The van der Waals surface area contributed by atoms with Gasteiger partial charge in [0.25, 0.3) is 0 Å². The number of aryl methyl sites for hydroxylation is 2. The van der Waals surface area contributed by atoms with Crippen LogP contribution in [0.25, 0.3) is 0 Å². The van der Waals surface area contributed by atoms with E-state index in [0.29, 0.717) is 6.04 Å². The molecule has 2 N–H and O–H groups in total. The molecule has 80 valence electrons. The summed E-state index contributed by atoms with van der Waals surface area (Å²) >= 11 is 1.79. The molecule has 3 heteroatoms. The van der Waals surface area contributed by atoms with Crippen LogP contribution in [0.4, 0.5) is 0 Å². The zero-order chi connectivity index (χ0) is 10.4. The first kappa shape index (κ1) is 11.7. The van der Waals surface area contributed by atoms with Crippen LogP contribution in [0, 0.1) is 0 Å². The Kier molecular flexibility index (Phi) is 5.12. The molecule has 2 nitrogen and oxygen atoms in total. The summed E-state index contributed by atoms with van der Waals surface area (Å²) in [5, 5.41) is 3.46. The number of hydrogen-bond donors (Lipinski definition) is 1. The standard InChI is InChI=1S/C11H20N2S/c1-3-5-10-8-14-11(13-10)7-4-6-9(2)12/h8-9H,3-7,12H2,1-2H3. The smallest absolute Gasteiger partial charge is 0.0928 e. The first-order valence-electron chi connectivity index (χ1n) is 5.41. The van der Waals surface area contributed by atoms with Crippen molar-refractivity contribution in [3.8, 4) is 0 Å². The lowest BCUT2D eigenvalue weighted by Crippen LogP contribution is -2.14. The molecule has 0 amide bonds. The van der Waals surface area contributed by atoms with E-state index >= 15 is 0 Å². The SMILES string of the molecule is CCCc1csc(CCCC(C)N)n1. The van der Waals surface area contributed by atoms with Crippen molar-refractivity contribution in [2.75, 3.05) is 0 Å². The molecule has 0 aliphatic heterocycles. The number of rotatable bonds is 6. The summed E-state index contributed by atoms with van der Waals surface area (Å²) in [6, 6.07) is 0.324. The van der Waals surface area contributed by atoms with Gasteiger partial charge in [0, 0.05) is 11.4 Å². The topological polar surface area (TPSA) is 38.9 Å². The Hall–Kier alpha value is -0.410. The molecule has 0 saturated heterocycles. The molecule has 0 saturated carbocycles. The molecule has 1 aromatic rings. The lowest BCUT2D eigenvalue weighted by Gasteiger charge is -2.01. The molecule has 1 aromatic heterocycles. The molecule has 0 aliphatic carbocycles. The van der Waals surface area contributed by atoms with E-state index < -0.39 is 0 Å². The van der Waals surface area contributed by atoms with Crippen molar-refractivity contribution in [3.05, 3.63) is 16.1 Å². The molecule has 0 fully saturated rings. The minimum atomic E-state index is 0.324. The maximum Gasteiger partial charge on any atom is 0.0928 e. The number of aromatic nitrogens is 1. The predicted octanol–water partition coefficient (Wildman–Crippen LogP) is 2.77. The second-order valence-corrected chi connectivity index (χ2v) is 4.79. The number of thiazole rings is 1. The molecule has 0 aromatic carbocycles. The van der Waals surface area contributed by atoms with Crippen LogP contribution in [0.1, 0.15) is 43.8 Å². The molecule has 1 heterocycles. The summed E-state index contributed by atoms with van der Waals surface area (Å²) in [5.74, 6) is 0. The third kappa shape index (κ3) is 4.20. The minimum Gasteiger partial charge on any atom is -0.328 e. The first-order valence-corrected chi connectivity index (χ1v) is 6.29. The van der Waals surface area contributed by atoms with Crippen LogP contribution in [0.15, 0.2) is 5.38 Å². The third-order valence-electron chi connectivity index (χ3n) is 2.16. The molecule has 1 atom stereocenters. The van der Waals surface area contributed by atoms with Crippen molar-refractivity contribution in [3.63, 3.8) is 0 Å². The molecule has 0 aliphatic rings. The predicted molar refractivity (Wildman–Crippen MR) is 62.7 cm³/mol. The molecule has 0 spiro atoms. The van der Waals surface area contributed by atoms with Gasteiger partial charge < -0.3 is 5.73 Å². The Bertz CT molecular complexity index is 256. The van der Waals surface area contributed by atoms with E-state index in [0.717, 1.165) is 25.7 Å². The fourth-order valence-corrected chi connectivity index (χ4v) is 2.28. The molecule has 14 heavy (non-hydrogen) atoms. The summed E-state index contributed by atoms with van der Waals surface area (Å²) < 4.78 is 0. The van der Waals surface area contributed by atoms with Crippen molar-refractivity contribution in [2.45, 2.75) is 52.0 Å². The van der Waals surface area contributed by atoms with Gasteiger partial charge in [0.2, 0.25) is 0 Å². The van der Waals surface area contributed by atoms with Crippen LogP contribution < -0.4 is 5.73 Å². The summed E-state index contributed by atoms with van der Waals surface area (Å²) in [5.41, 5.74) is 6.95. The monoisotopic (exact) mass is 212 g/mol. The number of hydrogen-bond acceptors (Lipinski definition) is 3. The highest BCUT2D eigenvalue weighted by Crippen LogP contribution is 2.14. The zero-order valence-corrected chi connectivity index (χ0v) is 9.94. The van der Waals surface area contributed by atoms with Gasteiger partial charge in [-0.1, -0.05) is 13.3 Å². The van der Waals surface area contributed by atoms with Crippen LogP contribution in [-0.4, -0.2) is 11.0 Å². The van der Waals surface area contributed by atoms with E-state index in [4.69, 9.17) is 5.73 Å². The maximum absolute atomic E-state index is 5.69. The van der Waals surface area contributed by atoms with Crippen molar-refractivity contribution >= 4 is 11.3 Å². The Labute approximate surface area is 90.6 Å². The average Bonchev–Trinajstić information content (AvgIpc) is 2.53. The quantitative estimate of drug-likeness (QED) is 0.787. The first-order chi connectivity index (χ1) is 6.72. The largest absolute Gasteiger partial charge is 0.328 e. The van der Waals surface area contributed by atoms with Crippen LogP contribution in [0.3, 0.4) is 0 Å². The Morgan fingerprint density at radius 3 is 2.93 bits per heavy atom. The van der Waals surface area contributed by atoms with Crippen molar-refractivity contribution in [1.82, 2.24) is 4.98 Å². The molecular formula is C11H20N2S. The van der Waals surface area contributed by atoms with Crippen LogP contribution in [-0.2, 0) is 12.8 Å². The lowest BCUT2D eigenvalue weighted by atomic mass is 10.1. The van der Waals surface area contributed by atoms with E-state index in [-0.39, 0.29) is 0 Å². The third-order valence-corrected chi connectivity index (χ3v) is 3.11. The highest BCUT2D eigenvalue weighted by atomic mass is 32.1. The fourth-order valence-electron chi connectivity index (χ4n) is 1.41. The van der Waals surface area contributed by atoms with Gasteiger partial charge in [0.05, 0.1) is 10.7 Å². The zero-order valence-electron chi connectivity index (χ0n) is 9.12. The summed E-state index contributed by atoms with van der Waals surface area (Å²) in [6.07, 6.45) is 5.65. The highest BCUT2D eigenvalue weighted by molar-refractivity contribution is 7.09. The fraction of sp³-hybridized carbons (Fsp3) is 0.727. The summed E-state index contributed by atoms with van der Waals surface area (Å²) in [6.45, 7) is 4.25. The van der Waals surface area contributed by atoms with Crippen molar-refractivity contribution in [2.24, 2.45) is 5.73 Å². The summed E-state index contributed by atoms with van der Waals surface area (Å²) in [4.78, 5) is 4.57. The van der Waals surface area contributed by atoms with Crippen molar-refractivity contribution < 1.29 is 0 Å². The van der Waals surface area contributed by atoms with E-state index in [9.17, 15) is 0 Å². The molecular weight excluding hydrogens is 192 g/mol. The molecule has 1 unspecified atom stereocenters. The molecule has 0 bridgehead atoms. The van der Waals surface area contributed by atoms with Crippen LogP contribution in [0.2, 0.25) is 0 Å². The summed E-state index contributed by atoms with van der Waals surface area (Å²) in [7, 11) is 0. The van der Waals surface area contributed by atoms with Gasteiger partial charge in [-0.2, -0.15) is 0 Å². The van der Waals surface area contributed by atoms with Gasteiger partial charge in [-0.25, -0.2) is 4.98 Å². The van der Waals surface area contributed by atoms with Crippen molar-refractivity contribution in [1.29, 1.82) is 0 Å². The van der Waals surface area contributed by atoms with E-state index in [1.54, 1.807) is 11.3 Å². The van der Waals surface area contributed by atoms with Gasteiger partial charge in [0.15, 0.2) is 0 Å². The number of nitrogens with zero attached hydrogens (tertiary/aromatic N) is 1. The van der Waals surface area contributed by atoms with Gasteiger partial charge in [-0.3, -0.25) is 0 Å². The highest BCUT2D eigenvalue weighted by Gasteiger charge is 2.01. The van der Waals surface area contributed by atoms with Gasteiger partial charge in [0.1, 0.15) is 0 Å². The molecule has 0 radical (unpaired) electrons. The molecule has 1 rings (SSSR count). The normalized spacial score (nSPS) is 13.1. The lowest BCUT2D eigenvalue weighted by molar-refractivity contribution is 0.622.